The van der Waals surface area contributed by atoms with Crippen molar-refractivity contribution in [2.45, 2.75) is 6.04 Å². The van der Waals surface area contributed by atoms with Crippen LogP contribution in [0, 0.1) is 0 Å². The number of piperazine rings is 1. The van der Waals surface area contributed by atoms with Gasteiger partial charge >= 0.3 is 12.0 Å². The number of rotatable bonds is 4. The van der Waals surface area contributed by atoms with E-state index in [2.05, 4.69) is 5.32 Å². The number of carboxylic acid groups (broad SMARTS) is 1. The molecule has 10 heteroatoms. The smallest absolute Gasteiger partial charge is 0.328 e. The van der Waals surface area contributed by atoms with E-state index in [0.29, 0.717) is 0 Å². The quantitative estimate of drug-likeness (QED) is 0.617. The van der Waals surface area contributed by atoms with E-state index >= 15 is 0 Å². The number of amides is 3. The lowest BCUT2D eigenvalue weighted by molar-refractivity contribution is -0.144. The Kier molecular flexibility index (Phi) is 4.93. The van der Waals surface area contributed by atoms with Crippen LogP contribution in [0.4, 0.5) is 4.79 Å². The zero-order valence-corrected chi connectivity index (χ0v) is 12.0. The van der Waals surface area contributed by atoms with Crippen molar-refractivity contribution >= 4 is 27.7 Å². The molecule has 0 aromatic rings. The fourth-order valence-corrected chi connectivity index (χ4v) is 2.29. The lowest BCUT2D eigenvalue weighted by atomic mass is 10.2. The highest BCUT2D eigenvalue weighted by Gasteiger charge is 2.36. The lowest BCUT2D eigenvalue weighted by Crippen LogP contribution is -2.61. The molecule has 1 aliphatic rings. The SMILES string of the molecule is CN(CCS(C)(=O)=O)C(=O)N1CC(=O)NCC1C(=O)O. The van der Waals surface area contributed by atoms with E-state index < -0.39 is 33.8 Å². The summed E-state index contributed by atoms with van der Waals surface area (Å²) < 4.78 is 22.1. The summed E-state index contributed by atoms with van der Waals surface area (Å²) >= 11 is 0. The minimum absolute atomic E-state index is 0.0673. The number of sulfone groups is 1. The summed E-state index contributed by atoms with van der Waals surface area (Å²) in [6, 6.07) is -1.84. The molecule has 2 N–H and O–H groups in total. The van der Waals surface area contributed by atoms with Gasteiger partial charge in [-0.05, 0) is 0 Å². The fourth-order valence-electron chi connectivity index (χ4n) is 1.68. The molecule has 1 unspecified atom stereocenters. The zero-order chi connectivity index (χ0) is 15.5. The number of aliphatic carboxylic acids is 1. The van der Waals surface area contributed by atoms with Crippen molar-refractivity contribution < 1.29 is 27.9 Å². The maximum absolute atomic E-state index is 12.1. The van der Waals surface area contributed by atoms with Crippen LogP contribution < -0.4 is 5.32 Å². The summed E-state index contributed by atoms with van der Waals surface area (Å²) in [7, 11) is -1.87. The minimum Gasteiger partial charge on any atom is -0.480 e. The first-order chi connectivity index (χ1) is 9.11. The van der Waals surface area contributed by atoms with Gasteiger partial charge in [-0.25, -0.2) is 18.0 Å². The van der Waals surface area contributed by atoms with E-state index in [9.17, 15) is 22.8 Å². The van der Waals surface area contributed by atoms with Gasteiger partial charge in [-0.15, -0.1) is 0 Å². The van der Waals surface area contributed by atoms with Crippen LogP contribution in [0.3, 0.4) is 0 Å². The topological polar surface area (TPSA) is 124 Å². The van der Waals surface area contributed by atoms with Crippen molar-refractivity contribution in [1.82, 2.24) is 15.1 Å². The predicted molar refractivity (Wildman–Crippen MR) is 68.9 cm³/mol. The van der Waals surface area contributed by atoms with Crippen LogP contribution in [0.2, 0.25) is 0 Å². The van der Waals surface area contributed by atoms with Crippen molar-refractivity contribution in [2.75, 3.05) is 38.7 Å². The van der Waals surface area contributed by atoms with Crippen LogP contribution in [0.15, 0.2) is 0 Å². The van der Waals surface area contributed by atoms with Gasteiger partial charge in [0.1, 0.15) is 22.4 Å². The van der Waals surface area contributed by atoms with Gasteiger partial charge in [0.05, 0.1) is 5.75 Å². The summed E-state index contributed by atoms with van der Waals surface area (Å²) in [4.78, 5) is 36.4. The monoisotopic (exact) mass is 307 g/mol. The molecule has 9 nitrogen and oxygen atoms in total. The van der Waals surface area contributed by atoms with Crippen LogP contribution in [0.1, 0.15) is 0 Å². The van der Waals surface area contributed by atoms with E-state index in [1.54, 1.807) is 0 Å². The summed E-state index contributed by atoms with van der Waals surface area (Å²) in [5.41, 5.74) is 0. The average molecular weight is 307 g/mol. The number of carboxylic acids is 1. The van der Waals surface area contributed by atoms with E-state index in [1.165, 1.54) is 7.05 Å². The Morgan fingerprint density at radius 3 is 2.60 bits per heavy atom. The number of carbonyl (C=O) groups excluding carboxylic acids is 2. The van der Waals surface area contributed by atoms with Gasteiger partial charge in [-0.1, -0.05) is 0 Å². The first-order valence-electron chi connectivity index (χ1n) is 5.81. The Morgan fingerprint density at radius 2 is 2.10 bits per heavy atom. The second-order valence-corrected chi connectivity index (χ2v) is 6.88. The molecule has 0 radical (unpaired) electrons. The van der Waals surface area contributed by atoms with Gasteiger partial charge in [-0.3, -0.25) is 9.69 Å². The van der Waals surface area contributed by atoms with Gasteiger partial charge in [0.2, 0.25) is 5.91 Å². The highest BCUT2D eigenvalue weighted by Crippen LogP contribution is 2.08. The Bertz CT molecular complexity index is 517. The molecule has 0 aromatic heterocycles. The molecule has 0 bridgehead atoms. The molecule has 1 saturated heterocycles. The molecule has 1 atom stereocenters. The van der Waals surface area contributed by atoms with Gasteiger partial charge in [0.15, 0.2) is 0 Å². The van der Waals surface area contributed by atoms with Crippen molar-refractivity contribution in [3.05, 3.63) is 0 Å². The van der Waals surface area contributed by atoms with E-state index in [4.69, 9.17) is 5.11 Å². The van der Waals surface area contributed by atoms with Gasteiger partial charge in [-0.2, -0.15) is 0 Å². The zero-order valence-electron chi connectivity index (χ0n) is 11.2. The molecule has 3 amide bonds. The molecule has 1 rings (SSSR count). The average Bonchev–Trinajstić information content (AvgIpc) is 2.33. The van der Waals surface area contributed by atoms with E-state index in [0.717, 1.165) is 16.1 Å². The first kappa shape index (κ1) is 16.2. The Hall–Kier alpha value is -1.84. The molecule has 0 aliphatic carbocycles. The molecular weight excluding hydrogens is 290 g/mol. The van der Waals surface area contributed by atoms with Gasteiger partial charge in [0, 0.05) is 26.4 Å². The summed E-state index contributed by atoms with van der Waals surface area (Å²) in [5, 5.41) is 11.4. The molecule has 1 heterocycles. The van der Waals surface area contributed by atoms with Gasteiger partial charge < -0.3 is 15.3 Å². The Morgan fingerprint density at radius 1 is 1.50 bits per heavy atom. The maximum Gasteiger partial charge on any atom is 0.328 e. The number of nitrogens with one attached hydrogen (secondary N) is 1. The van der Waals surface area contributed by atoms with Crippen LogP contribution >= 0.6 is 0 Å². The molecule has 0 saturated carbocycles. The van der Waals surface area contributed by atoms with Crippen molar-refractivity contribution in [2.24, 2.45) is 0 Å². The van der Waals surface area contributed by atoms with Gasteiger partial charge in [0.25, 0.3) is 0 Å². The predicted octanol–water partition coefficient (Wildman–Crippen LogP) is -2.03. The minimum atomic E-state index is -3.23. The largest absolute Gasteiger partial charge is 0.480 e. The lowest BCUT2D eigenvalue weighted by Gasteiger charge is -2.35. The standard InChI is InChI=1S/C10H17N3O6S/c1-12(3-4-20(2,18)19)10(17)13-6-8(14)11-5-7(13)9(15)16/h7H,3-6H2,1-2H3,(H,11,14)(H,15,16). The Labute approximate surface area is 116 Å². The number of hydrogen-bond acceptors (Lipinski definition) is 5. The number of hydrogen-bond donors (Lipinski definition) is 2. The second-order valence-electron chi connectivity index (χ2n) is 4.62. The van der Waals surface area contributed by atoms with Crippen LogP contribution in [-0.4, -0.2) is 86.0 Å². The molecule has 0 spiro atoms. The van der Waals surface area contributed by atoms with Crippen LogP contribution in [0.25, 0.3) is 0 Å². The summed E-state index contributed by atoms with van der Waals surface area (Å²) in [6.45, 7) is -0.596. The molecular formula is C10H17N3O6S. The fraction of sp³-hybridized carbons (Fsp3) is 0.700. The highest BCUT2D eigenvalue weighted by atomic mass is 32.2. The number of urea groups is 1. The maximum atomic E-state index is 12.1. The third-order valence-electron chi connectivity index (χ3n) is 2.84. The third-order valence-corrected chi connectivity index (χ3v) is 3.76. The van der Waals surface area contributed by atoms with E-state index in [1.807, 2.05) is 0 Å². The van der Waals surface area contributed by atoms with Crippen molar-refractivity contribution in [1.29, 1.82) is 0 Å². The highest BCUT2D eigenvalue weighted by molar-refractivity contribution is 7.90. The normalized spacial score (nSPS) is 19.4. The number of nitrogens with zero attached hydrogens (tertiary/aromatic N) is 2. The van der Waals surface area contributed by atoms with Crippen LogP contribution in [-0.2, 0) is 19.4 Å². The molecule has 1 aliphatic heterocycles. The number of carbonyl (C=O) groups is 3. The molecule has 1 fully saturated rings. The van der Waals surface area contributed by atoms with Crippen molar-refractivity contribution in [3.8, 4) is 0 Å². The summed E-state index contributed by atoms with van der Waals surface area (Å²) in [5.74, 6) is -1.91. The van der Waals surface area contributed by atoms with Crippen LogP contribution in [0.5, 0.6) is 0 Å². The Balaban J connectivity index is 2.76. The first-order valence-corrected chi connectivity index (χ1v) is 7.87. The third kappa shape index (κ3) is 4.37. The molecule has 114 valence electrons. The summed E-state index contributed by atoms with van der Waals surface area (Å²) in [6.07, 6.45) is 1.04. The van der Waals surface area contributed by atoms with E-state index in [-0.39, 0.29) is 25.4 Å². The molecule has 20 heavy (non-hydrogen) atoms. The molecule has 0 aromatic carbocycles. The second kappa shape index (κ2) is 6.07. The van der Waals surface area contributed by atoms with Crippen molar-refractivity contribution in [3.63, 3.8) is 0 Å².